The Labute approximate surface area is 115 Å². The van der Waals surface area contributed by atoms with Crippen molar-refractivity contribution < 1.29 is 0 Å². The van der Waals surface area contributed by atoms with Gasteiger partial charge in [0.25, 0.3) is 0 Å². The van der Waals surface area contributed by atoms with Crippen LogP contribution in [0.25, 0.3) is 11.4 Å². The molecule has 0 radical (unpaired) electrons. The van der Waals surface area contributed by atoms with E-state index in [1.54, 1.807) is 0 Å². The number of nitrogens with one attached hydrogen (secondary N) is 1. The molecule has 3 nitrogen and oxygen atoms in total. The Hall–Kier alpha value is -1.90. The monoisotopic (exact) mass is 255 g/mol. The first-order valence-corrected chi connectivity index (χ1v) is 6.77. The zero-order chi connectivity index (χ0) is 13.8. The minimum Gasteiger partial charge on any atom is -0.373 e. The second kappa shape index (κ2) is 5.83. The van der Waals surface area contributed by atoms with E-state index in [-0.39, 0.29) is 0 Å². The van der Waals surface area contributed by atoms with Crippen molar-refractivity contribution in [3.05, 3.63) is 41.1 Å². The highest BCUT2D eigenvalue weighted by Crippen LogP contribution is 2.23. The first-order chi connectivity index (χ1) is 9.13. The molecule has 2 rings (SSSR count). The van der Waals surface area contributed by atoms with Gasteiger partial charge in [0.05, 0.1) is 0 Å². The van der Waals surface area contributed by atoms with E-state index in [0.717, 1.165) is 35.7 Å². The van der Waals surface area contributed by atoms with Crippen molar-refractivity contribution in [2.45, 2.75) is 33.6 Å². The maximum atomic E-state index is 4.69. The fourth-order valence-corrected chi connectivity index (χ4v) is 2.11. The van der Waals surface area contributed by atoms with E-state index < -0.39 is 0 Å². The van der Waals surface area contributed by atoms with Crippen molar-refractivity contribution in [2.24, 2.45) is 0 Å². The van der Waals surface area contributed by atoms with Gasteiger partial charge in [-0.1, -0.05) is 31.0 Å². The number of anilines is 1. The van der Waals surface area contributed by atoms with Gasteiger partial charge in [0, 0.05) is 24.4 Å². The molecule has 1 aromatic carbocycles. The van der Waals surface area contributed by atoms with E-state index in [4.69, 9.17) is 4.98 Å². The normalized spacial score (nSPS) is 10.5. The molecule has 0 saturated heterocycles. The second-order valence-electron chi connectivity index (χ2n) is 4.89. The molecule has 1 aromatic heterocycles. The first-order valence-electron chi connectivity index (χ1n) is 6.77. The Morgan fingerprint density at radius 2 is 1.89 bits per heavy atom. The van der Waals surface area contributed by atoms with Crippen LogP contribution < -0.4 is 5.32 Å². The number of aryl methyl sites for hydroxylation is 3. The lowest BCUT2D eigenvalue weighted by atomic mass is 10.0. The minimum absolute atomic E-state index is 0.816. The summed E-state index contributed by atoms with van der Waals surface area (Å²) in [6, 6.07) is 8.42. The van der Waals surface area contributed by atoms with Crippen molar-refractivity contribution in [2.75, 3.05) is 12.4 Å². The fraction of sp³-hybridized carbons (Fsp3) is 0.375. The van der Waals surface area contributed by atoms with Crippen molar-refractivity contribution in [1.29, 1.82) is 0 Å². The van der Waals surface area contributed by atoms with Crippen LogP contribution in [-0.4, -0.2) is 17.0 Å². The van der Waals surface area contributed by atoms with Gasteiger partial charge >= 0.3 is 0 Å². The highest BCUT2D eigenvalue weighted by Gasteiger charge is 2.08. The van der Waals surface area contributed by atoms with E-state index in [0.29, 0.717) is 0 Å². The first kappa shape index (κ1) is 13.5. The van der Waals surface area contributed by atoms with Crippen LogP contribution in [0.4, 0.5) is 5.82 Å². The Kier molecular flexibility index (Phi) is 4.15. The largest absolute Gasteiger partial charge is 0.373 e. The molecule has 0 aliphatic rings. The number of nitrogens with zero attached hydrogens (tertiary/aromatic N) is 2. The summed E-state index contributed by atoms with van der Waals surface area (Å²) in [4.78, 5) is 9.28. The van der Waals surface area contributed by atoms with Crippen LogP contribution in [0, 0.1) is 13.8 Å². The Balaban J connectivity index is 2.54. The zero-order valence-electron chi connectivity index (χ0n) is 12.1. The number of hydrogen-bond donors (Lipinski definition) is 1. The standard InChI is InChI=1S/C16H21N3/c1-5-6-13-10-15(17-4)19-16(18-13)14-9-11(2)7-8-12(14)3/h7-10H,5-6H2,1-4H3,(H,17,18,19). The molecule has 0 spiro atoms. The lowest BCUT2D eigenvalue weighted by Crippen LogP contribution is -2.02. The van der Waals surface area contributed by atoms with Gasteiger partial charge in [0.15, 0.2) is 5.82 Å². The van der Waals surface area contributed by atoms with Crippen LogP contribution in [0.5, 0.6) is 0 Å². The molecule has 100 valence electrons. The number of benzene rings is 1. The number of rotatable bonds is 4. The fourth-order valence-electron chi connectivity index (χ4n) is 2.11. The lowest BCUT2D eigenvalue weighted by Gasteiger charge is -2.10. The topological polar surface area (TPSA) is 37.8 Å². The Morgan fingerprint density at radius 1 is 1.11 bits per heavy atom. The van der Waals surface area contributed by atoms with E-state index in [2.05, 4.69) is 49.3 Å². The van der Waals surface area contributed by atoms with Gasteiger partial charge in [-0.3, -0.25) is 0 Å². The Bertz CT molecular complexity index is 576. The van der Waals surface area contributed by atoms with Crippen LogP contribution in [0.15, 0.2) is 24.3 Å². The summed E-state index contributed by atoms with van der Waals surface area (Å²) >= 11 is 0. The molecule has 3 heteroatoms. The van der Waals surface area contributed by atoms with E-state index >= 15 is 0 Å². The van der Waals surface area contributed by atoms with Crippen LogP contribution >= 0.6 is 0 Å². The van der Waals surface area contributed by atoms with Gasteiger partial charge in [-0.05, 0) is 31.9 Å². The molecule has 0 bridgehead atoms. The third kappa shape index (κ3) is 3.11. The van der Waals surface area contributed by atoms with Crippen molar-refractivity contribution in [3.8, 4) is 11.4 Å². The number of aromatic nitrogens is 2. The molecule has 0 fully saturated rings. The lowest BCUT2D eigenvalue weighted by molar-refractivity contribution is 0.875. The average molecular weight is 255 g/mol. The highest BCUT2D eigenvalue weighted by molar-refractivity contribution is 5.62. The third-order valence-electron chi connectivity index (χ3n) is 3.18. The predicted molar refractivity (Wildman–Crippen MR) is 80.5 cm³/mol. The summed E-state index contributed by atoms with van der Waals surface area (Å²) in [7, 11) is 1.89. The molecule has 1 heterocycles. The summed E-state index contributed by atoms with van der Waals surface area (Å²) in [5, 5.41) is 3.12. The van der Waals surface area contributed by atoms with E-state index in [9.17, 15) is 0 Å². The smallest absolute Gasteiger partial charge is 0.162 e. The van der Waals surface area contributed by atoms with Gasteiger partial charge in [-0.15, -0.1) is 0 Å². The molecule has 0 atom stereocenters. The van der Waals surface area contributed by atoms with Gasteiger partial charge in [-0.2, -0.15) is 0 Å². The maximum Gasteiger partial charge on any atom is 0.162 e. The summed E-state index contributed by atoms with van der Waals surface area (Å²) in [5.41, 5.74) is 4.66. The number of hydrogen-bond acceptors (Lipinski definition) is 3. The van der Waals surface area contributed by atoms with Crippen molar-refractivity contribution in [3.63, 3.8) is 0 Å². The van der Waals surface area contributed by atoms with E-state index in [1.807, 2.05) is 13.1 Å². The van der Waals surface area contributed by atoms with Crippen molar-refractivity contribution in [1.82, 2.24) is 9.97 Å². The molecular weight excluding hydrogens is 234 g/mol. The van der Waals surface area contributed by atoms with Gasteiger partial charge < -0.3 is 5.32 Å². The summed E-state index contributed by atoms with van der Waals surface area (Å²) < 4.78 is 0. The predicted octanol–water partition coefficient (Wildman–Crippen LogP) is 3.75. The Morgan fingerprint density at radius 3 is 2.58 bits per heavy atom. The molecule has 0 aliphatic carbocycles. The third-order valence-corrected chi connectivity index (χ3v) is 3.18. The quantitative estimate of drug-likeness (QED) is 0.904. The van der Waals surface area contributed by atoms with Gasteiger partial charge in [0.1, 0.15) is 5.82 Å². The van der Waals surface area contributed by atoms with E-state index in [1.165, 1.54) is 11.1 Å². The molecule has 1 N–H and O–H groups in total. The summed E-state index contributed by atoms with van der Waals surface area (Å²) in [6.07, 6.45) is 2.07. The molecule has 0 saturated carbocycles. The average Bonchev–Trinajstić information content (AvgIpc) is 2.41. The molecule has 0 unspecified atom stereocenters. The van der Waals surface area contributed by atoms with Crippen LogP contribution in [0.2, 0.25) is 0 Å². The van der Waals surface area contributed by atoms with Crippen LogP contribution in [0.1, 0.15) is 30.2 Å². The van der Waals surface area contributed by atoms with Gasteiger partial charge in [0.2, 0.25) is 0 Å². The van der Waals surface area contributed by atoms with Crippen molar-refractivity contribution >= 4 is 5.82 Å². The maximum absolute atomic E-state index is 4.69. The minimum atomic E-state index is 0.816. The summed E-state index contributed by atoms with van der Waals surface area (Å²) in [6.45, 7) is 6.36. The molecule has 0 amide bonds. The zero-order valence-corrected chi connectivity index (χ0v) is 12.1. The SMILES string of the molecule is CCCc1cc(NC)nc(-c2cc(C)ccc2C)n1. The van der Waals surface area contributed by atoms with Crippen LogP contribution in [-0.2, 0) is 6.42 Å². The van der Waals surface area contributed by atoms with Crippen LogP contribution in [0.3, 0.4) is 0 Å². The summed E-state index contributed by atoms with van der Waals surface area (Å²) in [5.74, 6) is 1.70. The molecule has 19 heavy (non-hydrogen) atoms. The highest BCUT2D eigenvalue weighted by atomic mass is 15.0. The van der Waals surface area contributed by atoms with Gasteiger partial charge in [-0.25, -0.2) is 9.97 Å². The molecular formula is C16H21N3. The molecule has 2 aromatic rings. The molecule has 0 aliphatic heterocycles. The second-order valence-corrected chi connectivity index (χ2v) is 4.89.